The van der Waals surface area contributed by atoms with Crippen LogP contribution in [0.3, 0.4) is 0 Å². The van der Waals surface area contributed by atoms with Gasteiger partial charge < -0.3 is 19.1 Å². The first-order chi connectivity index (χ1) is 25.0. The minimum atomic E-state index is -3.85. The van der Waals surface area contributed by atoms with Crippen molar-refractivity contribution in [3.8, 4) is 11.6 Å². The second kappa shape index (κ2) is 15.0. The molecule has 13 nitrogen and oxygen atoms in total. The molecule has 0 radical (unpaired) electrons. The number of hydrogen-bond acceptors (Lipinski definition) is 11. The highest BCUT2D eigenvalue weighted by molar-refractivity contribution is 7.90. The molecule has 288 valence electrons. The van der Waals surface area contributed by atoms with Crippen LogP contribution in [0.15, 0.2) is 36.7 Å². The number of esters is 1. The molecule has 53 heavy (non-hydrogen) atoms. The summed E-state index contributed by atoms with van der Waals surface area (Å²) in [6, 6.07) is 4.33. The lowest BCUT2D eigenvalue weighted by molar-refractivity contribution is -0.160. The molecule has 1 N–H and O–H groups in total. The number of carbonyl (C=O) groups is 4. The predicted molar refractivity (Wildman–Crippen MR) is 196 cm³/mol. The molecule has 2 saturated carbocycles. The maximum atomic E-state index is 14.8. The number of benzene rings is 1. The van der Waals surface area contributed by atoms with E-state index in [9.17, 15) is 27.6 Å². The fourth-order valence-corrected chi connectivity index (χ4v) is 9.32. The van der Waals surface area contributed by atoms with Crippen molar-refractivity contribution in [2.45, 2.75) is 115 Å². The zero-order chi connectivity index (χ0) is 38.3. The van der Waals surface area contributed by atoms with Crippen LogP contribution in [-0.2, 0) is 33.9 Å². The summed E-state index contributed by atoms with van der Waals surface area (Å²) in [5, 5.41) is 0.0275. The minimum Gasteiger partial charge on any atom is -0.497 e. The highest BCUT2D eigenvalue weighted by atomic mass is 32.2. The Bertz CT molecular complexity index is 1890. The highest BCUT2D eigenvalue weighted by Gasteiger charge is 2.61. The van der Waals surface area contributed by atoms with E-state index >= 15 is 0 Å². The number of allylic oxidation sites excluding steroid dienone is 2. The van der Waals surface area contributed by atoms with E-state index in [1.54, 1.807) is 46.1 Å². The Morgan fingerprint density at radius 3 is 2.53 bits per heavy atom. The number of nitrogens with zero attached hydrogens (tertiary/aromatic N) is 3. The molecule has 2 aliphatic heterocycles. The van der Waals surface area contributed by atoms with Crippen LogP contribution < -0.4 is 14.2 Å². The van der Waals surface area contributed by atoms with E-state index in [4.69, 9.17) is 14.2 Å². The summed E-state index contributed by atoms with van der Waals surface area (Å²) in [4.78, 5) is 66.6. The van der Waals surface area contributed by atoms with Crippen LogP contribution in [0.5, 0.6) is 11.6 Å². The van der Waals surface area contributed by atoms with Gasteiger partial charge in [-0.15, -0.1) is 0 Å². The van der Waals surface area contributed by atoms with Crippen molar-refractivity contribution < 1.29 is 41.8 Å². The third-order valence-corrected chi connectivity index (χ3v) is 12.9. The molecular formula is C39H52N4O9S. The number of Topliss-reactive ketones (excluding diaryl/α,β-unsaturated/α-hetero) is 1. The summed E-state index contributed by atoms with van der Waals surface area (Å²) < 4.78 is 45.5. The van der Waals surface area contributed by atoms with Gasteiger partial charge in [0, 0.05) is 18.9 Å². The maximum absolute atomic E-state index is 14.8. The lowest BCUT2D eigenvalue weighted by Crippen LogP contribution is -2.47. The third-order valence-electron chi connectivity index (χ3n) is 11.1. The predicted octanol–water partition coefficient (Wildman–Crippen LogP) is 4.92. The lowest BCUT2D eigenvalue weighted by atomic mass is 9.82. The van der Waals surface area contributed by atoms with E-state index in [0.29, 0.717) is 42.3 Å². The first-order valence-electron chi connectivity index (χ1n) is 18.7. The van der Waals surface area contributed by atoms with Gasteiger partial charge in [0.05, 0.1) is 53.6 Å². The molecule has 4 aliphatic rings. The number of sulfonamides is 1. The Kier molecular flexibility index (Phi) is 10.9. The molecular weight excluding hydrogens is 701 g/mol. The molecule has 1 aromatic heterocycles. The number of aromatic nitrogens is 2. The number of hydrogen-bond donors (Lipinski definition) is 1. The fraction of sp³-hybridized carbons (Fsp3) is 0.641. The van der Waals surface area contributed by atoms with Crippen LogP contribution in [0, 0.1) is 29.1 Å². The second-order valence-corrected chi connectivity index (χ2v) is 18.5. The standard InChI is InChI=1S/C39H52N4O9S/c1-23-9-7-8-10-25-19-39(25,37(47)42-53(48,49)28-12-13-28)20-33(44)32-17-27(51-35-29-14-11-26(50-6)16-31(29)40-22-41-35)21-43(32)36(46)30(24(2)15-23)18-34(45)52-38(3,4)5/h8,10-11,14,16,22-25,27-28,30,32H,7,9,12-13,15,17-21H2,1-6H3,(H,42,47)/b10-8-/t23-,24-,25-,27-,30+,32+,39-/m1/s1. The molecule has 6 rings (SSSR count). The number of ketones is 1. The van der Waals surface area contributed by atoms with Gasteiger partial charge in [0.25, 0.3) is 0 Å². The van der Waals surface area contributed by atoms with Crippen LogP contribution in [0.2, 0.25) is 0 Å². The average molecular weight is 753 g/mol. The van der Waals surface area contributed by atoms with Crippen LogP contribution in [0.25, 0.3) is 10.9 Å². The smallest absolute Gasteiger partial charge is 0.307 e. The molecule has 2 aliphatic carbocycles. The van der Waals surface area contributed by atoms with Gasteiger partial charge in [0.15, 0.2) is 5.78 Å². The molecule has 7 atom stereocenters. The SMILES string of the molecule is COc1ccc2c(O[C@@H]3C[C@H]4C(=O)C[C@]5(C(=O)NS(=O)(=O)C6CC6)C[C@H]5/C=C\CC[C@@H](C)C[C@@H](C)[C@H](CC(=O)OC(C)(C)C)C(=O)N4C3)ncnc2c1. The normalized spacial score (nSPS) is 30.3. The van der Waals surface area contributed by atoms with E-state index in [1.165, 1.54) is 11.2 Å². The molecule has 0 spiro atoms. The molecule has 3 heterocycles. The highest BCUT2D eigenvalue weighted by Crippen LogP contribution is 2.57. The van der Waals surface area contributed by atoms with Crippen LogP contribution in [-0.4, -0.2) is 83.5 Å². The first-order valence-corrected chi connectivity index (χ1v) is 20.3. The molecule has 2 aromatic rings. The molecule has 1 saturated heterocycles. The van der Waals surface area contributed by atoms with E-state index in [2.05, 4.69) is 21.6 Å². The van der Waals surface area contributed by atoms with Crippen LogP contribution in [0.4, 0.5) is 0 Å². The largest absolute Gasteiger partial charge is 0.497 e. The number of nitrogens with one attached hydrogen (secondary N) is 1. The third kappa shape index (κ3) is 8.84. The molecule has 2 amide bonds. The fourth-order valence-electron chi connectivity index (χ4n) is 7.94. The van der Waals surface area contributed by atoms with E-state index in [-0.39, 0.29) is 61.1 Å². The quantitative estimate of drug-likeness (QED) is 0.287. The number of carbonyl (C=O) groups excluding carboxylic acids is 4. The Morgan fingerprint density at radius 2 is 1.83 bits per heavy atom. The van der Waals surface area contributed by atoms with Gasteiger partial charge in [-0.3, -0.25) is 23.9 Å². The maximum Gasteiger partial charge on any atom is 0.307 e. The van der Waals surface area contributed by atoms with Gasteiger partial charge in [-0.25, -0.2) is 18.4 Å². The Balaban J connectivity index is 1.34. The zero-order valence-electron chi connectivity index (χ0n) is 31.5. The van der Waals surface area contributed by atoms with Crippen molar-refractivity contribution in [1.29, 1.82) is 0 Å². The van der Waals surface area contributed by atoms with Gasteiger partial charge in [-0.05, 0) is 89.2 Å². The summed E-state index contributed by atoms with van der Waals surface area (Å²) in [6.07, 6.45) is 7.92. The van der Waals surface area contributed by atoms with Crippen molar-refractivity contribution in [1.82, 2.24) is 19.6 Å². The summed E-state index contributed by atoms with van der Waals surface area (Å²) in [5.41, 5.74) is -1.40. The van der Waals surface area contributed by atoms with Crippen molar-refractivity contribution in [2.24, 2.45) is 29.1 Å². The number of methoxy groups -OCH3 is 1. The van der Waals surface area contributed by atoms with Crippen LogP contribution >= 0.6 is 0 Å². The Morgan fingerprint density at radius 1 is 1.08 bits per heavy atom. The molecule has 3 fully saturated rings. The van der Waals surface area contributed by atoms with Gasteiger partial charge >= 0.3 is 5.97 Å². The molecule has 1 aromatic carbocycles. The summed E-state index contributed by atoms with van der Waals surface area (Å²) in [6.45, 7) is 9.46. The second-order valence-electron chi connectivity index (χ2n) is 16.5. The number of amides is 2. The molecule has 14 heteroatoms. The van der Waals surface area contributed by atoms with Crippen LogP contribution in [0.1, 0.15) is 92.4 Å². The van der Waals surface area contributed by atoms with E-state index in [0.717, 1.165) is 12.8 Å². The van der Waals surface area contributed by atoms with Gasteiger partial charge in [0.1, 0.15) is 23.8 Å². The monoisotopic (exact) mass is 752 g/mol. The van der Waals surface area contributed by atoms with Crippen molar-refractivity contribution in [3.05, 3.63) is 36.7 Å². The molecule has 0 bridgehead atoms. The topological polar surface area (TPSA) is 171 Å². The number of ether oxygens (including phenoxy) is 3. The summed E-state index contributed by atoms with van der Waals surface area (Å²) in [7, 11) is -2.29. The average Bonchev–Trinajstić information content (AvgIpc) is 4.01. The van der Waals surface area contributed by atoms with E-state index in [1.807, 2.05) is 19.1 Å². The first kappa shape index (κ1) is 38.6. The number of rotatable bonds is 8. The van der Waals surface area contributed by atoms with Crippen molar-refractivity contribution in [3.63, 3.8) is 0 Å². The Hall–Kier alpha value is -4.07. The van der Waals surface area contributed by atoms with Crippen molar-refractivity contribution >= 4 is 44.5 Å². The van der Waals surface area contributed by atoms with Crippen molar-refractivity contribution in [2.75, 3.05) is 13.7 Å². The summed E-state index contributed by atoms with van der Waals surface area (Å²) in [5.74, 6) is -2.08. The number of fused-ring (bicyclic) bond motifs is 3. The van der Waals surface area contributed by atoms with E-state index < -0.39 is 56.2 Å². The minimum absolute atomic E-state index is 0.0442. The van der Waals surface area contributed by atoms with Gasteiger partial charge in [-0.2, -0.15) is 0 Å². The molecule has 0 unspecified atom stereocenters. The Labute approximate surface area is 311 Å². The lowest BCUT2D eigenvalue weighted by Gasteiger charge is -2.32. The zero-order valence-corrected chi connectivity index (χ0v) is 32.3. The van der Waals surface area contributed by atoms with Gasteiger partial charge in [-0.1, -0.05) is 26.0 Å². The van der Waals surface area contributed by atoms with Gasteiger partial charge in [0.2, 0.25) is 27.7 Å². The summed E-state index contributed by atoms with van der Waals surface area (Å²) >= 11 is 0.